The van der Waals surface area contributed by atoms with E-state index in [0.29, 0.717) is 48.8 Å². The van der Waals surface area contributed by atoms with Gasteiger partial charge in [-0.25, -0.2) is 4.39 Å². The van der Waals surface area contributed by atoms with E-state index >= 15 is 0 Å². The maximum Gasteiger partial charge on any atom is 0.226 e. The number of nitriles is 1. The van der Waals surface area contributed by atoms with Crippen molar-refractivity contribution in [2.45, 2.75) is 18.9 Å². The van der Waals surface area contributed by atoms with Gasteiger partial charge in [-0.3, -0.25) is 0 Å². The molecule has 0 amide bonds. The van der Waals surface area contributed by atoms with E-state index in [9.17, 15) is 9.65 Å². The van der Waals surface area contributed by atoms with E-state index in [1.807, 2.05) is 0 Å². The van der Waals surface area contributed by atoms with Crippen molar-refractivity contribution in [1.29, 1.82) is 5.26 Å². The standard InChI is InChI=1S/C20H24FN7O/c21-14-1-5-16(6-2-14)27-8-10-28(11-9-27)19-17(13-22)18(23-7-12-29)25-20(26-19)24-15-3-4-15/h1-2,5-6,15,29H,3-4,7-12H2,(H2,23,24,25,26). The molecule has 1 aromatic carbocycles. The van der Waals surface area contributed by atoms with Crippen LogP contribution in [0.25, 0.3) is 0 Å². The van der Waals surface area contributed by atoms with Gasteiger partial charge >= 0.3 is 0 Å². The van der Waals surface area contributed by atoms with Gasteiger partial charge in [0.1, 0.15) is 17.4 Å². The number of hydrogen-bond donors (Lipinski definition) is 3. The third-order valence-electron chi connectivity index (χ3n) is 5.09. The summed E-state index contributed by atoms with van der Waals surface area (Å²) in [5.74, 6) is 1.30. The average molecular weight is 397 g/mol. The SMILES string of the molecule is N#Cc1c(NCCO)nc(NC2CC2)nc1N1CCN(c2ccc(F)cc2)CC1. The lowest BCUT2D eigenvalue weighted by Crippen LogP contribution is -2.47. The molecule has 152 valence electrons. The van der Waals surface area contributed by atoms with Gasteiger partial charge in [-0.05, 0) is 37.1 Å². The molecule has 3 N–H and O–H groups in total. The fourth-order valence-corrected chi connectivity index (χ4v) is 3.39. The summed E-state index contributed by atoms with van der Waals surface area (Å²) in [6.45, 7) is 3.12. The number of halogens is 1. The molecule has 2 aliphatic rings. The number of benzene rings is 1. The molecule has 2 heterocycles. The summed E-state index contributed by atoms with van der Waals surface area (Å²) in [6.07, 6.45) is 2.18. The summed E-state index contributed by atoms with van der Waals surface area (Å²) in [5.41, 5.74) is 1.37. The van der Waals surface area contributed by atoms with Crippen molar-refractivity contribution in [2.75, 3.05) is 59.8 Å². The van der Waals surface area contributed by atoms with Crippen molar-refractivity contribution < 1.29 is 9.50 Å². The van der Waals surface area contributed by atoms with Crippen molar-refractivity contribution in [3.05, 3.63) is 35.6 Å². The Morgan fingerprint density at radius 1 is 1.10 bits per heavy atom. The van der Waals surface area contributed by atoms with E-state index in [2.05, 4.69) is 36.5 Å². The lowest BCUT2D eigenvalue weighted by Gasteiger charge is -2.37. The smallest absolute Gasteiger partial charge is 0.226 e. The largest absolute Gasteiger partial charge is 0.395 e. The molecule has 9 heteroatoms. The highest BCUT2D eigenvalue weighted by Gasteiger charge is 2.27. The van der Waals surface area contributed by atoms with Gasteiger partial charge in [0.2, 0.25) is 5.95 Å². The summed E-state index contributed by atoms with van der Waals surface area (Å²) >= 11 is 0. The predicted octanol–water partition coefficient (Wildman–Crippen LogP) is 1.79. The Morgan fingerprint density at radius 3 is 2.41 bits per heavy atom. The second-order valence-electron chi connectivity index (χ2n) is 7.23. The Balaban J connectivity index is 1.55. The van der Waals surface area contributed by atoms with Crippen molar-refractivity contribution in [2.24, 2.45) is 0 Å². The topological polar surface area (TPSA) is 100 Å². The number of hydrogen-bond acceptors (Lipinski definition) is 8. The van der Waals surface area contributed by atoms with E-state index < -0.39 is 0 Å². The van der Waals surface area contributed by atoms with Crippen LogP contribution in [0, 0.1) is 17.1 Å². The molecule has 0 atom stereocenters. The molecule has 1 aliphatic heterocycles. The van der Waals surface area contributed by atoms with Crippen LogP contribution in [0.5, 0.6) is 0 Å². The van der Waals surface area contributed by atoms with E-state index in [4.69, 9.17) is 5.11 Å². The zero-order valence-electron chi connectivity index (χ0n) is 16.1. The molecular formula is C20H24FN7O. The van der Waals surface area contributed by atoms with Crippen LogP contribution in [0.4, 0.5) is 27.7 Å². The van der Waals surface area contributed by atoms with Crippen LogP contribution in [0.1, 0.15) is 18.4 Å². The first-order valence-electron chi connectivity index (χ1n) is 9.87. The highest BCUT2D eigenvalue weighted by Crippen LogP contribution is 2.30. The van der Waals surface area contributed by atoms with E-state index in [1.54, 1.807) is 12.1 Å². The summed E-state index contributed by atoms with van der Waals surface area (Å²) in [5, 5.41) is 25.2. The van der Waals surface area contributed by atoms with Crippen LogP contribution >= 0.6 is 0 Å². The number of piperazine rings is 1. The molecule has 2 fully saturated rings. The fraction of sp³-hybridized carbons (Fsp3) is 0.450. The Labute approximate surface area is 169 Å². The monoisotopic (exact) mass is 397 g/mol. The summed E-state index contributed by atoms with van der Waals surface area (Å²) < 4.78 is 13.2. The number of nitrogens with zero attached hydrogens (tertiary/aromatic N) is 5. The van der Waals surface area contributed by atoms with Crippen LogP contribution in [0.15, 0.2) is 24.3 Å². The Bertz CT molecular complexity index is 887. The van der Waals surface area contributed by atoms with E-state index in [0.717, 1.165) is 31.6 Å². The normalized spacial score (nSPS) is 16.4. The first-order chi connectivity index (χ1) is 14.2. The summed E-state index contributed by atoms with van der Waals surface area (Å²) in [6, 6.07) is 9.11. The molecule has 8 nitrogen and oxygen atoms in total. The van der Waals surface area contributed by atoms with Crippen molar-refractivity contribution in [1.82, 2.24) is 9.97 Å². The van der Waals surface area contributed by atoms with Crippen LogP contribution in [0.3, 0.4) is 0 Å². The van der Waals surface area contributed by atoms with Gasteiger partial charge in [0.05, 0.1) is 6.61 Å². The minimum absolute atomic E-state index is 0.0497. The number of nitrogens with one attached hydrogen (secondary N) is 2. The molecule has 0 bridgehead atoms. The zero-order valence-corrected chi connectivity index (χ0v) is 16.1. The molecule has 2 aromatic rings. The van der Waals surface area contributed by atoms with Crippen LogP contribution in [-0.4, -0.2) is 60.4 Å². The van der Waals surface area contributed by atoms with Gasteiger partial charge in [-0.2, -0.15) is 15.2 Å². The number of anilines is 4. The predicted molar refractivity (Wildman–Crippen MR) is 110 cm³/mol. The number of aliphatic hydroxyl groups is 1. The molecule has 4 rings (SSSR count). The minimum atomic E-state index is -0.245. The summed E-state index contributed by atoms with van der Waals surface area (Å²) in [7, 11) is 0. The molecule has 29 heavy (non-hydrogen) atoms. The fourth-order valence-electron chi connectivity index (χ4n) is 3.39. The second kappa shape index (κ2) is 8.49. The molecule has 1 aromatic heterocycles. The lowest BCUT2D eigenvalue weighted by molar-refractivity contribution is 0.311. The highest BCUT2D eigenvalue weighted by molar-refractivity contribution is 5.68. The van der Waals surface area contributed by atoms with Gasteiger partial charge in [0, 0.05) is 44.5 Å². The van der Waals surface area contributed by atoms with Gasteiger partial charge < -0.3 is 25.5 Å². The molecule has 0 spiro atoms. The first-order valence-corrected chi connectivity index (χ1v) is 9.87. The van der Waals surface area contributed by atoms with E-state index in [-0.39, 0.29) is 12.4 Å². The van der Waals surface area contributed by atoms with Gasteiger partial charge in [-0.15, -0.1) is 0 Å². The Hall–Kier alpha value is -3.12. The van der Waals surface area contributed by atoms with Crippen LogP contribution in [-0.2, 0) is 0 Å². The number of aromatic nitrogens is 2. The molecule has 0 radical (unpaired) electrons. The maximum atomic E-state index is 13.2. The molecule has 0 unspecified atom stereocenters. The third kappa shape index (κ3) is 4.49. The van der Waals surface area contributed by atoms with Gasteiger partial charge in [0.25, 0.3) is 0 Å². The van der Waals surface area contributed by atoms with Gasteiger partial charge in [-0.1, -0.05) is 0 Å². The molecule has 1 saturated heterocycles. The number of rotatable bonds is 7. The lowest BCUT2D eigenvalue weighted by atomic mass is 10.2. The summed E-state index contributed by atoms with van der Waals surface area (Å²) in [4.78, 5) is 13.4. The van der Waals surface area contributed by atoms with Crippen LogP contribution in [0.2, 0.25) is 0 Å². The maximum absolute atomic E-state index is 13.2. The zero-order chi connectivity index (χ0) is 20.2. The molecule has 1 saturated carbocycles. The van der Waals surface area contributed by atoms with Gasteiger partial charge in [0.15, 0.2) is 11.6 Å². The third-order valence-corrected chi connectivity index (χ3v) is 5.09. The molecule has 1 aliphatic carbocycles. The Morgan fingerprint density at radius 2 is 1.79 bits per heavy atom. The molecular weight excluding hydrogens is 373 g/mol. The van der Waals surface area contributed by atoms with Crippen LogP contribution < -0.4 is 20.4 Å². The average Bonchev–Trinajstić information content (AvgIpc) is 3.56. The Kier molecular flexibility index (Phi) is 5.62. The van der Waals surface area contributed by atoms with Crippen molar-refractivity contribution in [3.63, 3.8) is 0 Å². The first kappa shape index (κ1) is 19.2. The minimum Gasteiger partial charge on any atom is -0.395 e. The second-order valence-corrected chi connectivity index (χ2v) is 7.23. The quantitative estimate of drug-likeness (QED) is 0.650. The van der Waals surface area contributed by atoms with Crippen molar-refractivity contribution >= 4 is 23.3 Å². The number of aliphatic hydroxyl groups excluding tert-OH is 1. The highest BCUT2D eigenvalue weighted by atomic mass is 19.1. The van der Waals surface area contributed by atoms with E-state index in [1.165, 1.54) is 12.1 Å². The van der Waals surface area contributed by atoms with Crippen molar-refractivity contribution in [3.8, 4) is 6.07 Å².